The van der Waals surface area contributed by atoms with Crippen LogP contribution in [0.3, 0.4) is 0 Å². The summed E-state index contributed by atoms with van der Waals surface area (Å²) in [6.45, 7) is 4.39. The van der Waals surface area contributed by atoms with Crippen LogP contribution in [-0.2, 0) is 6.42 Å². The van der Waals surface area contributed by atoms with Crippen molar-refractivity contribution < 1.29 is 5.11 Å². The summed E-state index contributed by atoms with van der Waals surface area (Å²) in [5, 5.41) is 8.63. The van der Waals surface area contributed by atoms with Crippen molar-refractivity contribution in [2.45, 2.75) is 26.7 Å². The molecule has 0 heterocycles. The molecule has 0 bridgehead atoms. The fraction of sp³-hybridized carbons (Fsp3) is 0.250. The SMILES string of the molecule is CCCc1ccccc1C.Oc1ccccc1.S. The van der Waals surface area contributed by atoms with E-state index in [0.29, 0.717) is 5.75 Å². The summed E-state index contributed by atoms with van der Waals surface area (Å²) in [4.78, 5) is 0. The topological polar surface area (TPSA) is 20.2 Å². The van der Waals surface area contributed by atoms with Crippen LogP contribution in [-0.4, -0.2) is 5.11 Å². The minimum Gasteiger partial charge on any atom is -0.508 e. The standard InChI is InChI=1S/C10H14.C6H6O.H2S/c1-3-6-10-8-5-4-7-9(10)2;7-6-4-2-1-3-5-6;/h4-5,7-8H,3,6H2,1-2H3;1-5,7H;1H2. The molecule has 2 aromatic carbocycles. The molecule has 0 radical (unpaired) electrons. The summed E-state index contributed by atoms with van der Waals surface area (Å²) in [5.74, 6) is 0.322. The van der Waals surface area contributed by atoms with E-state index in [4.69, 9.17) is 5.11 Å². The van der Waals surface area contributed by atoms with Crippen LogP contribution in [0.2, 0.25) is 0 Å². The van der Waals surface area contributed by atoms with Gasteiger partial charge in [-0.3, -0.25) is 0 Å². The smallest absolute Gasteiger partial charge is 0.115 e. The van der Waals surface area contributed by atoms with Gasteiger partial charge in [-0.15, -0.1) is 0 Å². The number of phenols is 1. The highest BCUT2D eigenvalue weighted by molar-refractivity contribution is 7.59. The second-order valence-corrected chi connectivity index (χ2v) is 4.01. The van der Waals surface area contributed by atoms with Gasteiger partial charge in [0.25, 0.3) is 0 Å². The third-order valence-corrected chi connectivity index (χ3v) is 2.54. The van der Waals surface area contributed by atoms with Crippen LogP contribution in [0.1, 0.15) is 24.5 Å². The minimum atomic E-state index is 0. The van der Waals surface area contributed by atoms with Crippen molar-refractivity contribution >= 4 is 13.5 Å². The van der Waals surface area contributed by atoms with Crippen molar-refractivity contribution in [3.05, 3.63) is 65.7 Å². The molecule has 2 rings (SSSR count). The quantitative estimate of drug-likeness (QED) is 0.847. The Kier molecular flexibility index (Phi) is 8.85. The highest BCUT2D eigenvalue weighted by atomic mass is 32.1. The van der Waals surface area contributed by atoms with E-state index in [0.717, 1.165) is 0 Å². The van der Waals surface area contributed by atoms with E-state index < -0.39 is 0 Å². The van der Waals surface area contributed by atoms with Gasteiger partial charge in [-0.2, -0.15) is 13.5 Å². The minimum absolute atomic E-state index is 0. The molecule has 1 nitrogen and oxygen atoms in total. The molecule has 2 heteroatoms. The zero-order chi connectivity index (χ0) is 12.5. The molecule has 0 unspecified atom stereocenters. The molecule has 0 saturated carbocycles. The predicted octanol–water partition coefficient (Wildman–Crippen LogP) is 4.45. The predicted molar refractivity (Wildman–Crippen MR) is 83.7 cm³/mol. The van der Waals surface area contributed by atoms with Crippen LogP contribution in [0.25, 0.3) is 0 Å². The van der Waals surface area contributed by atoms with E-state index in [9.17, 15) is 0 Å². The van der Waals surface area contributed by atoms with Crippen molar-refractivity contribution in [2.24, 2.45) is 0 Å². The number of aryl methyl sites for hydroxylation is 2. The molecule has 0 saturated heterocycles. The molecule has 0 aliphatic rings. The van der Waals surface area contributed by atoms with Gasteiger partial charge in [-0.25, -0.2) is 0 Å². The van der Waals surface area contributed by atoms with Crippen LogP contribution in [0.5, 0.6) is 5.75 Å². The second kappa shape index (κ2) is 9.60. The van der Waals surface area contributed by atoms with Gasteiger partial charge in [0.05, 0.1) is 0 Å². The summed E-state index contributed by atoms with van der Waals surface area (Å²) < 4.78 is 0. The van der Waals surface area contributed by atoms with E-state index >= 15 is 0 Å². The normalized spacial score (nSPS) is 8.78. The lowest BCUT2D eigenvalue weighted by Crippen LogP contribution is -1.85. The van der Waals surface area contributed by atoms with Crippen molar-refractivity contribution in [1.29, 1.82) is 0 Å². The zero-order valence-corrected chi connectivity index (χ0v) is 12.1. The Balaban J connectivity index is 0.000000321. The molecule has 18 heavy (non-hydrogen) atoms. The molecule has 98 valence electrons. The number of hydrogen-bond donors (Lipinski definition) is 1. The highest BCUT2D eigenvalue weighted by Crippen LogP contribution is 2.08. The summed E-state index contributed by atoms with van der Waals surface area (Å²) in [7, 11) is 0. The summed E-state index contributed by atoms with van der Waals surface area (Å²) in [6, 6.07) is 17.3. The van der Waals surface area contributed by atoms with Gasteiger partial charge in [0.15, 0.2) is 0 Å². The summed E-state index contributed by atoms with van der Waals surface area (Å²) in [6.07, 6.45) is 2.46. The van der Waals surface area contributed by atoms with Gasteiger partial charge in [0, 0.05) is 0 Å². The third-order valence-electron chi connectivity index (χ3n) is 2.54. The Bertz CT molecular complexity index is 426. The van der Waals surface area contributed by atoms with E-state index in [1.807, 2.05) is 6.07 Å². The first-order valence-corrected chi connectivity index (χ1v) is 6.02. The van der Waals surface area contributed by atoms with Crippen molar-refractivity contribution in [2.75, 3.05) is 0 Å². The maximum Gasteiger partial charge on any atom is 0.115 e. The Labute approximate surface area is 117 Å². The van der Waals surface area contributed by atoms with Crippen LogP contribution in [0.15, 0.2) is 54.6 Å². The number of phenolic OH excluding ortho intramolecular Hbond substituents is 1. The monoisotopic (exact) mass is 262 g/mol. The second-order valence-electron chi connectivity index (χ2n) is 4.01. The molecule has 0 atom stereocenters. The van der Waals surface area contributed by atoms with Gasteiger partial charge in [-0.1, -0.05) is 55.8 Å². The van der Waals surface area contributed by atoms with E-state index in [2.05, 4.69) is 38.1 Å². The van der Waals surface area contributed by atoms with Crippen molar-refractivity contribution in [1.82, 2.24) is 0 Å². The highest BCUT2D eigenvalue weighted by Gasteiger charge is 1.92. The summed E-state index contributed by atoms with van der Waals surface area (Å²) in [5.41, 5.74) is 2.91. The van der Waals surface area contributed by atoms with Crippen LogP contribution in [0.4, 0.5) is 0 Å². The molecule has 0 aliphatic carbocycles. The number of rotatable bonds is 2. The lowest BCUT2D eigenvalue weighted by Gasteiger charge is -2.01. The fourth-order valence-electron chi connectivity index (χ4n) is 1.59. The Morgan fingerprint density at radius 1 is 0.889 bits per heavy atom. The lowest BCUT2D eigenvalue weighted by molar-refractivity contribution is 0.475. The molecule has 0 fully saturated rings. The average Bonchev–Trinajstić information content (AvgIpc) is 2.34. The van der Waals surface area contributed by atoms with Crippen molar-refractivity contribution in [3.8, 4) is 5.75 Å². The third kappa shape index (κ3) is 6.36. The fourth-order valence-corrected chi connectivity index (χ4v) is 1.59. The molecule has 0 amide bonds. The van der Waals surface area contributed by atoms with Gasteiger partial charge < -0.3 is 5.11 Å². The first kappa shape index (κ1) is 16.6. The first-order valence-electron chi connectivity index (χ1n) is 6.02. The van der Waals surface area contributed by atoms with Crippen LogP contribution >= 0.6 is 13.5 Å². The summed E-state index contributed by atoms with van der Waals surface area (Å²) >= 11 is 0. The maximum absolute atomic E-state index is 8.63. The zero-order valence-electron chi connectivity index (χ0n) is 11.1. The van der Waals surface area contributed by atoms with Gasteiger partial charge in [0.1, 0.15) is 5.75 Å². The molecule has 0 spiro atoms. The van der Waals surface area contributed by atoms with Gasteiger partial charge >= 0.3 is 0 Å². The Hall–Kier alpha value is -1.41. The van der Waals surface area contributed by atoms with Crippen molar-refractivity contribution in [3.63, 3.8) is 0 Å². The maximum atomic E-state index is 8.63. The number of benzene rings is 2. The van der Waals surface area contributed by atoms with Gasteiger partial charge in [0.2, 0.25) is 0 Å². The largest absolute Gasteiger partial charge is 0.508 e. The van der Waals surface area contributed by atoms with Gasteiger partial charge in [-0.05, 0) is 36.6 Å². The first-order chi connectivity index (χ1) is 8.24. The molecule has 2 aromatic rings. The molecular weight excluding hydrogens is 240 g/mol. The number of para-hydroxylation sites is 1. The Morgan fingerprint density at radius 3 is 1.89 bits per heavy atom. The molecule has 0 aromatic heterocycles. The average molecular weight is 262 g/mol. The van der Waals surface area contributed by atoms with Crippen LogP contribution < -0.4 is 0 Å². The van der Waals surface area contributed by atoms with E-state index in [1.54, 1.807) is 24.3 Å². The molecule has 1 N–H and O–H groups in total. The molecular formula is C16H22OS. The van der Waals surface area contributed by atoms with Crippen LogP contribution in [0, 0.1) is 6.92 Å². The lowest BCUT2D eigenvalue weighted by atomic mass is 10.1. The molecule has 0 aliphatic heterocycles. The van der Waals surface area contributed by atoms with E-state index in [1.165, 1.54) is 24.0 Å². The number of aromatic hydroxyl groups is 1. The number of hydrogen-bond acceptors (Lipinski definition) is 1. The van der Waals surface area contributed by atoms with E-state index in [-0.39, 0.29) is 13.5 Å². The Morgan fingerprint density at radius 2 is 1.44 bits per heavy atom.